The minimum atomic E-state index is -0.708. The Morgan fingerprint density at radius 3 is 2.54 bits per heavy atom. The third kappa shape index (κ3) is 3.46. The fourth-order valence-electron chi connectivity index (χ4n) is 2.57. The molecule has 1 N–H and O–H groups in total. The van der Waals surface area contributed by atoms with Gasteiger partial charge >= 0.3 is 0 Å². The Morgan fingerprint density at radius 1 is 1.08 bits per heavy atom. The molecule has 0 aliphatic heterocycles. The van der Waals surface area contributed by atoms with Crippen molar-refractivity contribution in [1.29, 1.82) is 0 Å². The highest BCUT2D eigenvalue weighted by Gasteiger charge is 2.18. The first kappa shape index (κ1) is 17.7. The van der Waals surface area contributed by atoms with E-state index in [1.165, 1.54) is 6.07 Å². The third-order valence-corrected chi connectivity index (χ3v) is 4.30. The molecule has 134 valence electrons. The Kier molecular flexibility index (Phi) is 4.79. The first-order valence-electron chi connectivity index (χ1n) is 8.09. The van der Waals surface area contributed by atoms with Crippen LogP contribution in [0.1, 0.15) is 32.9 Å². The number of halogens is 2. The van der Waals surface area contributed by atoms with Gasteiger partial charge in [-0.15, -0.1) is 5.10 Å². The fourth-order valence-corrected chi connectivity index (χ4v) is 2.57. The highest BCUT2D eigenvalue weighted by atomic mass is 19.1. The van der Waals surface area contributed by atoms with Crippen LogP contribution in [0.3, 0.4) is 0 Å². The SMILES string of the molecule is Cc1ccc(-n2nnc(C(=O)NCc3ccc(F)cc3F)c2C)cc1C. The van der Waals surface area contributed by atoms with E-state index in [1.54, 1.807) is 11.6 Å². The van der Waals surface area contributed by atoms with E-state index in [0.29, 0.717) is 5.69 Å². The summed E-state index contributed by atoms with van der Waals surface area (Å²) in [6.45, 7) is 5.68. The fraction of sp³-hybridized carbons (Fsp3) is 0.211. The first-order chi connectivity index (χ1) is 12.4. The molecule has 3 rings (SSSR count). The number of hydrogen-bond acceptors (Lipinski definition) is 3. The van der Waals surface area contributed by atoms with E-state index in [2.05, 4.69) is 15.6 Å². The average Bonchev–Trinajstić information content (AvgIpc) is 2.98. The highest BCUT2D eigenvalue weighted by Crippen LogP contribution is 2.16. The quantitative estimate of drug-likeness (QED) is 0.779. The van der Waals surface area contributed by atoms with Gasteiger partial charge in [-0.05, 0) is 50.1 Å². The summed E-state index contributed by atoms with van der Waals surface area (Å²) in [7, 11) is 0. The van der Waals surface area contributed by atoms with Gasteiger partial charge in [-0.25, -0.2) is 13.5 Å². The Morgan fingerprint density at radius 2 is 1.85 bits per heavy atom. The number of benzene rings is 2. The molecule has 26 heavy (non-hydrogen) atoms. The molecule has 0 spiro atoms. The molecule has 0 fully saturated rings. The van der Waals surface area contributed by atoms with E-state index >= 15 is 0 Å². The lowest BCUT2D eigenvalue weighted by atomic mass is 10.1. The lowest BCUT2D eigenvalue weighted by Crippen LogP contribution is -2.24. The van der Waals surface area contributed by atoms with Gasteiger partial charge in [0.05, 0.1) is 11.4 Å². The minimum absolute atomic E-state index is 0.0686. The molecule has 0 bridgehead atoms. The van der Waals surface area contributed by atoms with Gasteiger partial charge in [0, 0.05) is 18.2 Å². The second kappa shape index (κ2) is 7.03. The summed E-state index contributed by atoms with van der Waals surface area (Å²) in [5.41, 5.74) is 4.00. The van der Waals surface area contributed by atoms with Crippen molar-refractivity contribution >= 4 is 5.91 Å². The van der Waals surface area contributed by atoms with Crippen LogP contribution in [0.5, 0.6) is 0 Å². The van der Waals surface area contributed by atoms with Crippen LogP contribution >= 0.6 is 0 Å². The van der Waals surface area contributed by atoms with E-state index < -0.39 is 17.5 Å². The molecule has 0 saturated heterocycles. The standard InChI is InChI=1S/C19H18F2N4O/c1-11-4-7-16(8-12(11)2)25-13(3)18(23-24-25)19(26)22-10-14-5-6-15(20)9-17(14)21/h4-9H,10H2,1-3H3,(H,22,26). The summed E-state index contributed by atoms with van der Waals surface area (Å²) in [6.07, 6.45) is 0. The maximum absolute atomic E-state index is 13.7. The van der Waals surface area contributed by atoms with Gasteiger partial charge < -0.3 is 5.32 Å². The largest absolute Gasteiger partial charge is 0.346 e. The molecule has 2 aromatic carbocycles. The van der Waals surface area contributed by atoms with Gasteiger partial charge in [0.1, 0.15) is 11.6 Å². The van der Waals surface area contributed by atoms with Crippen molar-refractivity contribution in [2.45, 2.75) is 27.3 Å². The number of carbonyl (C=O) groups excluding carboxylic acids is 1. The molecular weight excluding hydrogens is 338 g/mol. The zero-order valence-corrected chi connectivity index (χ0v) is 14.7. The van der Waals surface area contributed by atoms with Gasteiger partial charge in [-0.3, -0.25) is 4.79 Å². The number of rotatable bonds is 4. The molecule has 0 aliphatic rings. The third-order valence-electron chi connectivity index (χ3n) is 4.30. The zero-order valence-electron chi connectivity index (χ0n) is 14.7. The summed E-state index contributed by atoms with van der Waals surface area (Å²) >= 11 is 0. The molecule has 1 amide bonds. The molecule has 3 aromatic rings. The molecule has 7 heteroatoms. The van der Waals surface area contributed by atoms with Crippen LogP contribution in [-0.2, 0) is 6.54 Å². The van der Waals surface area contributed by atoms with E-state index in [-0.39, 0.29) is 17.8 Å². The van der Waals surface area contributed by atoms with Crippen molar-refractivity contribution in [2.24, 2.45) is 0 Å². The van der Waals surface area contributed by atoms with Crippen LogP contribution in [0, 0.1) is 32.4 Å². The minimum Gasteiger partial charge on any atom is -0.346 e. The normalized spacial score (nSPS) is 10.8. The first-order valence-corrected chi connectivity index (χ1v) is 8.09. The van der Waals surface area contributed by atoms with Crippen LogP contribution in [0.15, 0.2) is 36.4 Å². The van der Waals surface area contributed by atoms with E-state index in [4.69, 9.17) is 0 Å². The number of hydrogen-bond donors (Lipinski definition) is 1. The molecule has 0 radical (unpaired) electrons. The van der Waals surface area contributed by atoms with Crippen LogP contribution in [0.2, 0.25) is 0 Å². The maximum Gasteiger partial charge on any atom is 0.274 e. The zero-order chi connectivity index (χ0) is 18.8. The molecule has 5 nitrogen and oxygen atoms in total. The van der Waals surface area contributed by atoms with Gasteiger partial charge in [0.25, 0.3) is 5.91 Å². The monoisotopic (exact) mass is 356 g/mol. The Bertz CT molecular complexity index is 982. The molecule has 0 aliphatic carbocycles. The predicted octanol–water partition coefficient (Wildman–Crippen LogP) is 3.40. The highest BCUT2D eigenvalue weighted by molar-refractivity contribution is 5.93. The molecule has 0 unspecified atom stereocenters. The van der Waals surface area contributed by atoms with Crippen molar-refractivity contribution in [3.8, 4) is 5.69 Å². The Balaban J connectivity index is 1.78. The van der Waals surface area contributed by atoms with Crippen LogP contribution in [-0.4, -0.2) is 20.9 Å². The lowest BCUT2D eigenvalue weighted by molar-refractivity contribution is 0.0945. The predicted molar refractivity (Wildman–Crippen MR) is 93.1 cm³/mol. The van der Waals surface area contributed by atoms with Crippen molar-refractivity contribution in [3.63, 3.8) is 0 Å². The van der Waals surface area contributed by atoms with Crippen molar-refractivity contribution in [2.75, 3.05) is 0 Å². The second-order valence-corrected chi connectivity index (χ2v) is 6.12. The summed E-state index contributed by atoms with van der Waals surface area (Å²) in [4.78, 5) is 12.4. The average molecular weight is 356 g/mol. The molecule has 0 atom stereocenters. The lowest BCUT2D eigenvalue weighted by Gasteiger charge is -2.07. The number of nitrogens with one attached hydrogen (secondary N) is 1. The number of carbonyl (C=O) groups is 1. The number of nitrogens with zero attached hydrogens (tertiary/aromatic N) is 3. The van der Waals surface area contributed by atoms with Crippen LogP contribution in [0.4, 0.5) is 8.78 Å². The Labute approximate surface area is 149 Å². The maximum atomic E-state index is 13.7. The molecule has 1 heterocycles. The molecule has 1 aromatic heterocycles. The topological polar surface area (TPSA) is 59.8 Å². The summed E-state index contributed by atoms with van der Waals surface area (Å²) in [5.74, 6) is -1.84. The van der Waals surface area contributed by atoms with Gasteiger partial charge in [0.15, 0.2) is 5.69 Å². The van der Waals surface area contributed by atoms with Gasteiger partial charge in [-0.2, -0.15) is 0 Å². The van der Waals surface area contributed by atoms with Crippen molar-refractivity contribution < 1.29 is 13.6 Å². The summed E-state index contributed by atoms with van der Waals surface area (Å²) < 4.78 is 28.2. The number of aromatic nitrogens is 3. The molecular formula is C19H18F2N4O. The van der Waals surface area contributed by atoms with Gasteiger partial charge in [-0.1, -0.05) is 17.3 Å². The Hall–Kier alpha value is -3.09. The number of aryl methyl sites for hydroxylation is 2. The number of amides is 1. The van der Waals surface area contributed by atoms with Crippen LogP contribution < -0.4 is 5.32 Å². The second-order valence-electron chi connectivity index (χ2n) is 6.12. The smallest absolute Gasteiger partial charge is 0.274 e. The van der Waals surface area contributed by atoms with E-state index in [0.717, 1.165) is 28.9 Å². The van der Waals surface area contributed by atoms with Gasteiger partial charge in [0.2, 0.25) is 0 Å². The van der Waals surface area contributed by atoms with Crippen molar-refractivity contribution in [3.05, 3.63) is 76.1 Å². The van der Waals surface area contributed by atoms with E-state index in [1.807, 2.05) is 32.0 Å². The summed E-state index contributed by atoms with van der Waals surface area (Å²) in [5, 5.41) is 10.6. The van der Waals surface area contributed by atoms with E-state index in [9.17, 15) is 13.6 Å². The van der Waals surface area contributed by atoms with Crippen LogP contribution in [0.25, 0.3) is 5.69 Å². The molecule has 0 saturated carbocycles. The summed E-state index contributed by atoms with van der Waals surface area (Å²) in [6, 6.07) is 9.06. The van der Waals surface area contributed by atoms with Crippen molar-refractivity contribution in [1.82, 2.24) is 20.3 Å².